The van der Waals surface area contributed by atoms with E-state index >= 15 is 0 Å². The number of aryl methyl sites for hydroxylation is 1. The van der Waals surface area contributed by atoms with E-state index in [0.29, 0.717) is 11.5 Å². The Balaban J connectivity index is 0.000000623. The summed E-state index contributed by atoms with van der Waals surface area (Å²) in [6.07, 6.45) is -0.376. The Bertz CT molecular complexity index is 1250. The molecule has 3 aromatic carbocycles. The topological polar surface area (TPSA) is 24.9 Å². The van der Waals surface area contributed by atoms with Crippen LogP contribution in [0.1, 0.15) is 62.8 Å². The number of nitrogens with zero attached hydrogens (tertiary/aromatic N) is 1. The molecule has 0 fully saturated rings. The lowest BCUT2D eigenvalue weighted by atomic mass is 10.0. The van der Waals surface area contributed by atoms with Gasteiger partial charge in [0.2, 0.25) is 0 Å². The number of halogens is 3. The molecule has 5 heteroatoms. The predicted octanol–water partition coefficient (Wildman–Crippen LogP) is 9.60. The molecular formula is C30H33F3N2. The lowest BCUT2D eigenvalue weighted by Gasteiger charge is -2.20. The molecule has 0 aliphatic carbocycles. The molecule has 1 unspecified atom stereocenters. The molecular weight excluding hydrogens is 445 g/mol. The van der Waals surface area contributed by atoms with Crippen LogP contribution >= 0.6 is 0 Å². The van der Waals surface area contributed by atoms with Gasteiger partial charge in [-0.25, -0.2) is 4.98 Å². The van der Waals surface area contributed by atoms with Gasteiger partial charge in [-0.05, 0) is 42.5 Å². The lowest BCUT2D eigenvalue weighted by Crippen LogP contribution is -2.11. The second kappa shape index (κ2) is 11.9. The van der Waals surface area contributed by atoms with Gasteiger partial charge in [0.05, 0.1) is 17.3 Å². The molecule has 4 aromatic rings. The smallest absolute Gasteiger partial charge is 0.363 e. The van der Waals surface area contributed by atoms with E-state index in [9.17, 15) is 13.2 Å². The third kappa shape index (κ3) is 6.62. The van der Waals surface area contributed by atoms with Crippen molar-refractivity contribution in [2.45, 2.75) is 59.2 Å². The molecule has 0 aliphatic heterocycles. The number of hydrogen-bond donors (Lipinski definition) is 1. The average molecular weight is 479 g/mol. The first-order valence-electron chi connectivity index (χ1n) is 12.1. The largest absolute Gasteiger partial charge is 0.417 e. The van der Waals surface area contributed by atoms with Gasteiger partial charge >= 0.3 is 6.18 Å². The highest BCUT2D eigenvalue weighted by molar-refractivity contribution is 5.95. The standard InChI is InChI=1S/C25H21F3N2.C5H12/c1-16-9-3-5-11-19(16)17(2)29-24-20-12-6-4-10-18(20)15-23(30-24)21-13-7-8-14-22(21)25(26,27)28;1-3-5-4-2/h3-15,17H,1-2H3,(H,29,30);3-5H2,1-2H3. The van der Waals surface area contributed by atoms with Crippen molar-refractivity contribution in [3.8, 4) is 11.3 Å². The molecule has 0 radical (unpaired) electrons. The monoisotopic (exact) mass is 478 g/mol. The van der Waals surface area contributed by atoms with Crippen LogP contribution < -0.4 is 5.32 Å². The minimum Gasteiger partial charge on any atom is -0.363 e. The highest BCUT2D eigenvalue weighted by Gasteiger charge is 2.33. The maximum absolute atomic E-state index is 13.6. The van der Waals surface area contributed by atoms with Gasteiger partial charge in [-0.15, -0.1) is 0 Å². The van der Waals surface area contributed by atoms with E-state index in [4.69, 9.17) is 0 Å². The number of rotatable bonds is 6. The summed E-state index contributed by atoms with van der Waals surface area (Å²) in [6, 6.07) is 22.8. The molecule has 1 N–H and O–H groups in total. The van der Waals surface area contributed by atoms with Crippen molar-refractivity contribution >= 4 is 16.6 Å². The Hall–Kier alpha value is -3.34. The van der Waals surface area contributed by atoms with Crippen molar-refractivity contribution in [3.63, 3.8) is 0 Å². The maximum atomic E-state index is 13.6. The molecule has 0 amide bonds. The number of pyridine rings is 1. The van der Waals surface area contributed by atoms with Gasteiger partial charge in [0.1, 0.15) is 5.82 Å². The Morgan fingerprint density at radius 2 is 1.49 bits per heavy atom. The second-order valence-electron chi connectivity index (χ2n) is 8.70. The van der Waals surface area contributed by atoms with Crippen molar-refractivity contribution in [1.29, 1.82) is 0 Å². The first-order chi connectivity index (χ1) is 16.8. The van der Waals surface area contributed by atoms with E-state index in [2.05, 4.69) is 24.1 Å². The minimum absolute atomic E-state index is 0.0600. The van der Waals surface area contributed by atoms with Crippen LogP contribution in [0.3, 0.4) is 0 Å². The SMILES string of the molecule is CCCCC.Cc1ccccc1C(C)Nc1nc(-c2ccccc2C(F)(F)F)cc2ccccc12. The summed E-state index contributed by atoms with van der Waals surface area (Å²) in [5.74, 6) is 0.566. The third-order valence-electron chi connectivity index (χ3n) is 5.96. The summed E-state index contributed by atoms with van der Waals surface area (Å²) < 4.78 is 40.7. The zero-order valence-electron chi connectivity index (χ0n) is 20.8. The van der Waals surface area contributed by atoms with Crippen LogP contribution in [0.2, 0.25) is 0 Å². The van der Waals surface area contributed by atoms with Crippen molar-refractivity contribution in [1.82, 2.24) is 4.98 Å². The van der Waals surface area contributed by atoms with E-state index in [-0.39, 0.29) is 11.6 Å². The van der Waals surface area contributed by atoms with Crippen molar-refractivity contribution in [2.24, 2.45) is 0 Å². The number of benzene rings is 3. The second-order valence-corrected chi connectivity index (χ2v) is 8.70. The van der Waals surface area contributed by atoms with E-state index in [1.54, 1.807) is 12.1 Å². The van der Waals surface area contributed by atoms with Crippen LogP contribution in [0.25, 0.3) is 22.0 Å². The summed E-state index contributed by atoms with van der Waals surface area (Å²) in [5.41, 5.74) is 1.93. The van der Waals surface area contributed by atoms with Crippen LogP contribution in [0.15, 0.2) is 78.9 Å². The van der Waals surface area contributed by atoms with Crippen LogP contribution in [0, 0.1) is 6.92 Å². The van der Waals surface area contributed by atoms with Gasteiger partial charge in [-0.2, -0.15) is 13.2 Å². The van der Waals surface area contributed by atoms with Gasteiger partial charge in [0, 0.05) is 10.9 Å². The van der Waals surface area contributed by atoms with E-state index in [0.717, 1.165) is 28.0 Å². The van der Waals surface area contributed by atoms with E-state index < -0.39 is 11.7 Å². The molecule has 1 atom stereocenters. The third-order valence-corrected chi connectivity index (χ3v) is 5.96. The van der Waals surface area contributed by atoms with Gasteiger partial charge < -0.3 is 5.32 Å². The fourth-order valence-corrected chi connectivity index (χ4v) is 4.11. The van der Waals surface area contributed by atoms with Crippen molar-refractivity contribution in [2.75, 3.05) is 5.32 Å². The number of fused-ring (bicyclic) bond motifs is 1. The Labute approximate surface area is 206 Å². The molecule has 184 valence electrons. The first kappa shape index (κ1) is 26.3. The van der Waals surface area contributed by atoms with Crippen LogP contribution in [0.5, 0.6) is 0 Å². The van der Waals surface area contributed by atoms with Gasteiger partial charge in [0.15, 0.2) is 0 Å². The van der Waals surface area contributed by atoms with E-state index in [1.165, 1.54) is 31.4 Å². The number of alkyl halides is 3. The summed E-state index contributed by atoms with van der Waals surface area (Å²) >= 11 is 0. The van der Waals surface area contributed by atoms with Crippen LogP contribution in [-0.4, -0.2) is 4.98 Å². The van der Waals surface area contributed by atoms with Crippen molar-refractivity contribution < 1.29 is 13.2 Å². The molecule has 4 rings (SSSR count). The van der Waals surface area contributed by atoms with Gasteiger partial charge in [0.25, 0.3) is 0 Å². The molecule has 1 heterocycles. The average Bonchev–Trinajstić information content (AvgIpc) is 2.84. The number of hydrogen-bond acceptors (Lipinski definition) is 2. The molecule has 0 aliphatic rings. The molecule has 0 spiro atoms. The minimum atomic E-state index is -4.45. The van der Waals surface area contributed by atoms with E-state index in [1.807, 2.05) is 62.4 Å². The summed E-state index contributed by atoms with van der Waals surface area (Å²) in [6.45, 7) is 8.48. The molecule has 0 saturated heterocycles. The normalized spacial score (nSPS) is 12.1. The first-order valence-corrected chi connectivity index (χ1v) is 12.1. The van der Waals surface area contributed by atoms with Gasteiger partial charge in [-0.1, -0.05) is 99.8 Å². The highest BCUT2D eigenvalue weighted by atomic mass is 19.4. The predicted molar refractivity (Wildman–Crippen MR) is 141 cm³/mol. The van der Waals surface area contributed by atoms with Crippen LogP contribution in [-0.2, 0) is 6.18 Å². The molecule has 0 saturated carbocycles. The fourth-order valence-electron chi connectivity index (χ4n) is 4.11. The fraction of sp³-hybridized carbons (Fsp3) is 0.300. The number of unbranched alkanes of at least 4 members (excludes halogenated alkanes) is 2. The summed E-state index contributed by atoms with van der Waals surface area (Å²) in [5, 5.41) is 5.12. The highest BCUT2D eigenvalue weighted by Crippen LogP contribution is 2.38. The van der Waals surface area contributed by atoms with Gasteiger partial charge in [-0.3, -0.25) is 0 Å². The zero-order chi connectivity index (χ0) is 25.4. The number of nitrogens with one attached hydrogen (secondary N) is 1. The lowest BCUT2D eigenvalue weighted by molar-refractivity contribution is -0.137. The van der Waals surface area contributed by atoms with Crippen LogP contribution in [0.4, 0.5) is 19.0 Å². The Kier molecular flexibility index (Phi) is 8.91. The summed E-state index contributed by atoms with van der Waals surface area (Å²) in [7, 11) is 0. The quantitative estimate of drug-likeness (QED) is 0.298. The Morgan fingerprint density at radius 1 is 0.857 bits per heavy atom. The molecule has 2 nitrogen and oxygen atoms in total. The Morgan fingerprint density at radius 3 is 2.14 bits per heavy atom. The number of anilines is 1. The molecule has 1 aromatic heterocycles. The number of aromatic nitrogens is 1. The zero-order valence-corrected chi connectivity index (χ0v) is 20.8. The molecule has 35 heavy (non-hydrogen) atoms. The van der Waals surface area contributed by atoms with Crippen molar-refractivity contribution in [3.05, 3.63) is 95.6 Å². The molecule has 0 bridgehead atoms. The maximum Gasteiger partial charge on any atom is 0.417 e. The summed E-state index contributed by atoms with van der Waals surface area (Å²) in [4.78, 5) is 4.63.